The Morgan fingerprint density at radius 1 is 1.24 bits per heavy atom. The third-order valence-corrected chi connectivity index (χ3v) is 4.31. The first kappa shape index (κ1) is 20.2. The van der Waals surface area contributed by atoms with Gasteiger partial charge in [0.2, 0.25) is 0 Å². The van der Waals surface area contributed by atoms with Crippen molar-refractivity contribution in [3.63, 3.8) is 0 Å². The third kappa shape index (κ3) is 4.33. The van der Waals surface area contributed by atoms with Gasteiger partial charge in [-0.3, -0.25) is 20.0 Å². The fourth-order valence-corrected chi connectivity index (χ4v) is 2.84. The smallest absolute Gasteiger partial charge is 0.299 e. The van der Waals surface area contributed by atoms with Gasteiger partial charge in [-0.25, -0.2) is 9.94 Å². The molecule has 150 valence electrons. The first-order valence-electron chi connectivity index (χ1n) is 7.85. The standard InChI is InChI=1S/C16H13N5O7S/c1-9-14(16(23)20(19-9)10-5-3-2-4-6-10)18-17-12-7-11(21(24)25)8-13(15(12)22)29-28-27-26/h2-8,19,22,26H,1H3/p-1. The number of benzene rings is 2. The van der Waals surface area contributed by atoms with Gasteiger partial charge in [0.05, 0.1) is 34.0 Å². The topological polar surface area (TPSA) is 167 Å². The summed E-state index contributed by atoms with van der Waals surface area (Å²) in [4.78, 5) is 22.7. The number of non-ortho nitro benzene ring substituents is 1. The summed E-state index contributed by atoms with van der Waals surface area (Å²) in [5, 5.41) is 45.4. The lowest BCUT2D eigenvalue weighted by atomic mass is 10.2. The number of nitro groups is 1. The number of azo groups is 1. The summed E-state index contributed by atoms with van der Waals surface area (Å²) in [5.74, 6) is -0.766. The molecule has 0 amide bonds. The summed E-state index contributed by atoms with van der Waals surface area (Å²) in [6, 6.07) is 10.6. The molecule has 1 heterocycles. The summed E-state index contributed by atoms with van der Waals surface area (Å²) in [6.07, 6.45) is 0. The molecule has 0 spiro atoms. The van der Waals surface area contributed by atoms with Crippen LogP contribution in [-0.2, 0) is 9.37 Å². The van der Waals surface area contributed by atoms with E-state index in [0.717, 1.165) is 12.1 Å². The predicted molar refractivity (Wildman–Crippen MR) is 98.5 cm³/mol. The number of nitrogens with one attached hydrogen (secondary N) is 1. The van der Waals surface area contributed by atoms with E-state index >= 15 is 0 Å². The number of hydrogen-bond acceptors (Lipinski definition) is 10. The molecule has 0 aliphatic heterocycles. The highest BCUT2D eigenvalue weighted by atomic mass is 32.2. The van der Waals surface area contributed by atoms with Crippen molar-refractivity contribution in [3.05, 3.63) is 68.6 Å². The fourth-order valence-electron chi connectivity index (χ4n) is 2.39. The van der Waals surface area contributed by atoms with Crippen LogP contribution in [0, 0.1) is 17.0 Å². The van der Waals surface area contributed by atoms with Crippen LogP contribution in [0.2, 0.25) is 0 Å². The molecule has 1 aromatic heterocycles. The summed E-state index contributed by atoms with van der Waals surface area (Å²) >= 11 is 0.259. The van der Waals surface area contributed by atoms with E-state index in [1.54, 1.807) is 37.3 Å². The molecule has 0 atom stereocenters. The highest BCUT2D eigenvalue weighted by Gasteiger charge is 2.15. The molecule has 0 saturated heterocycles. The van der Waals surface area contributed by atoms with Gasteiger partial charge in [-0.05, 0) is 19.1 Å². The first-order chi connectivity index (χ1) is 13.9. The van der Waals surface area contributed by atoms with E-state index in [-0.39, 0.29) is 22.6 Å². The van der Waals surface area contributed by atoms with Gasteiger partial charge in [0.15, 0.2) is 5.69 Å². The van der Waals surface area contributed by atoms with E-state index in [2.05, 4.69) is 24.7 Å². The lowest BCUT2D eigenvalue weighted by molar-refractivity contribution is -0.432. The average Bonchev–Trinajstić information content (AvgIpc) is 3.00. The number of hydrogen-bond donors (Lipinski definition) is 2. The Morgan fingerprint density at radius 2 is 1.97 bits per heavy atom. The van der Waals surface area contributed by atoms with Crippen LogP contribution in [0.25, 0.3) is 5.69 Å². The molecule has 0 saturated carbocycles. The van der Waals surface area contributed by atoms with Crippen molar-refractivity contribution in [1.29, 1.82) is 0 Å². The van der Waals surface area contributed by atoms with Gasteiger partial charge in [-0.15, -0.1) is 9.45 Å². The first-order valence-corrected chi connectivity index (χ1v) is 8.59. The minimum atomic E-state index is -0.766. The average molecular weight is 418 g/mol. The second kappa shape index (κ2) is 8.66. The van der Waals surface area contributed by atoms with E-state index < -0.39 is 27.6 Å². The molecular formula is C16H12N5O7S-. The molecule has 12 nitrogen and oxygen atoms in total. The van der Waals surface area contributed by atoms with Crippen LogP contribution in [-0.4, -0.2) is 20.0 Å². The molecular weight excluding hydrogens is 406 g/mol. The Morgan fingerprint density at radius 3 is 2.62 bits per heavy atom. The van der Waals surface area contributed by atoms with E-state index in [9.17, 15) is 20.0 Å². The van der Waals surface area contributed by atoms with E-state index in [1.807, 2.05) is 0 Å². The molecule has 0 bridgehead atoms. The van der Waals surface area contributed by atoms with Crippen molar-refractivity contribution < 1.29 is 24.7 Å². The Balaban J connectivity index is 2.02. The molecule has 0 unspecified atom stereocenters. The van der Waals surface area contributed by atoms with Crippen molar-refractivity contribution >= 4 is 29.1 Å². The van der Waals surface area contributed by atoms with Crippen molar-refractivity contribution in [2.45, 2.75) is 11.8 Å². The zero-order valence-corrected chi connectivity index (χ0v) is 15.5. The zero-order chi connectivity index (χ0) is 21.0. The van der Waals surface area contributed by atoms with Gasteiger partial charge in [0.1, 0.15) is 0 Å². The number of aromatic nitrogens is 2. The van der Waals surface area contributed by atoms with Gasteiger partial charge >= 0.3 is 0 Å². The largest absolute Gasteiger partial charge is 0.870 e. The Kier molecular flexibility index (Phi) is 6.04. The third-order valence-electron chi connectivity index (χ3n) is 3.70. The van der Waals surface area contributed by atoms with Crippen molar-refractivity contribution in [2.24, 2.45) is 10.2 Å². The van der Waals surface area contributed by atoms with Crippen LogP contribution in [0.15, 0.2) is 62.4 Å². The van der Waals surface area contributed by atoms with Crippen LogP contribution in [0.1, 0.15) is 5.69 Å². The van der Waals surface area contributed by atoms with Crippen molar-refractivity contribution in [3.8, 4) is 11.4 Å². The van der Waals surface area contributed by atoms with E-state index in [4.69, 9.17) is 5.26 Å². The molecule has 0 aliphatic rings. The number of rotatable bonds is 7. The molecule has 2 aromatic carbocycles. The predicted octanol–water partition coefficient (Wildman–Crippen LogP) is 3.30. The maximum Gasteiger partial charge on any atom is 0.299 e. The quantitative estimate of drug-likeness (QED) is 0.194. The highest BCUT2D eigenvalue weighted by Crippen LogP contribution is 2.39. The maximum absolute atomic E-state index is 12.6. The zero-order valence-electron chi connectivity index (χ0n) is 14.6. The Labute approximate surface area is 166 Å². The minimum absolute atomic E-state index is 0.0658. The summed E-state index contributed by atoms with van der Waals surface area (Å²) in [5.41, 5.74) is -0.482. The van der Waals surface area contributed by atoms with Crippen LogP contribution in [0.3, 0.4) is 0 Å². The Bertz CT molecular complexity index is 1130. The van der Waals surface area contributed by atoms with Gasteiger partial charge < -0.3 is 5.11 Å². The van der Waals surface area contributed by atoms with Gasteiger partial charge in [-0.1, -0.05) is 29.0 Å². The van der Waals surface area contributed by atoms with Crippen LogP contribution >= 0.6 is 12.0 Å². The van der Waals surface area contributed by atoms with Crippen LogP contribution in [0.5, 0.6) is 5.75 Å². The monoisotopic (exact) mass is 418 g/mol. The maximum atomic E-state index is 12.6. The SMILES string of the molecule is Cc1[nH]n(-c2ccccc2)c(=O)c1N=Nc1cc([N+](=O)[O-])cc(SOOO)c1[O-]. The number of aryl methyl sites for hydroxylation is 1. The number of aromatic amines is 1. The molecule has 3 aromatic rings. The molecule has 0 fully saturated rings. The van der Waals surface area contributed by atoms with Crippen molar-refractivity contribution in [2.75, 3.05) is 0 Å². The van der Waals surface area contributed by atoms with E-state index in [0.29, 0.717) is 11.4 Å². The second-order valence-electron chi connectivity index (χ2n) is 5.54. The number of nitro benzene ring substituents is 1. The van der Waals surface area contributed by atoms with E-state index in [1.165, 1.54) is 4.68 Å². The second-order valence-corrected chi connectivity index (χ2v) is 6.28. The molecule has 13 heteroatoms. The minimum Gasteiger partial charge on any atom is -0.870 e. The van der Waals surface area contributed by atoms with Crippen LogP contribution in [0.4, 0.5) is 17.1 Å². The molecule has 2 N–H and O–H groups in total. The molecule has 3 rings (SSSR count). The summed E-state index contributed by atoms with van der Waals surface area (Å²) in [7, 11) is 0. The lowest BCUT2D eigenvalue weighted by Gasteiger charge is -2.13. The van der Waals surface area contributed by atoms with Gasteiger partial charge in [-0.2, -0.15) is 5.11 Å². The number of nitrogens with zero attached hydrogens (tertiary/aromatic N) is 4. The normalized spacial score (nSPS) is 11.2. The highest BCUT2D eigenvalue weighted by molar-refractivity contribution is 7.94. The fraction of sp³-hybridized carbons (Fsp3) is 0.0625. The lowest BCUT2D eigenvalue weighted by Crippen LogP contribution is -2.13. The van der Waals surface area contributed by atoms with Crippen molar-refractivity contribution in [1.82, 2.24) is 9.78 Å². The molecule has 29 heavy (non-hydrogen) atoms. The van der Waals surface area contributed by atoms with Crippen LogP contribution < -0.4 is 10.7 Å². The molecule has 0 aliphatic carbocycles. The summed E-state index contributed by atoms with van der Waals surface area (Å²) < 4.78 is 5.42. The molecule has 0 radical (unpaired) electrons. The number of H-pyrrole nitrogens is 1. The summed E-state index contributed by atoms with van der Waals surface area (Å²) in [6.45, 7) is 1.59. The van der Waals surface area contributed by atoms with Gasteiger partial charge in [0.25, 0.3) is 11.2 Å². The van der Waals surface area contributed by atoms with Gasteiger partial charge in [0, 0.05) is 17.0 Å². The Hall–Kier alpha value is -3.52. The number of para-hydroxylation sites is 1.